The molecule has 1 aliphatic rings. The van der Waals surface area contributed by atoms with Crippen LogP contribution in [0.2, 0.25) is 5.02 Å². The van der Waals surface area contributed by atoms with E-state index in [0.717, 1.165) is 22.3 Å². The van der Waals surface area contributed by atoms with Crippen LogP contribution in [-0.4, -0.2) is 15.6 Å². The normalized spacial score (nSPS) is 19.2. The van der Waals surface area contributed by atoms with E-state index in [1.54, 1.807) is 0 Å². The Morgan fingerprint density at radius 1 is 1.47 bits per heavy atom. The quantitative estimate of drug-likeness (QED) is 0.844. The third-order valence-corrected chi connectivity index (χ3v) is 3.81. The molecule has 0 saturated carbocycles. The lowest BCUT2D eigenvalue weighted by Crippen LogP contribution is -2.26. The van der Waals surface area contributed by atoms with Crippen LogP contribution < -0.4 is 0 Å². The fourth-order valence-electron chi connectivity index (χ4n) is 2.56. The van der Waals surface area contributed by atoms with E-state index in [4.69, 9.17) is 16.7 Å². The maximum absolute atomic E-state index is 11.0. The van der Waals surface area contributed by atoms with Crippen LogP contribution in [0.3, 0.4) is 0 Å². The van der Waals surface area contributed by atoms with E-state index in [-0.39, 0.29) is 5.92 Å². The van der Waals surface area contributed by atoms with E-state index >= 15 is 0 Å². The van der Waals surface area contributed by atoms with E-state index in [9.17, 15) is 4.79 Å². The number of aromatic nitrogens is 1. The molecule has 4 heteroatoms. The minimum atomic E-state index is -0.709. The first-order chi connectivity index (χ1) is 8.16. The van der Waals surface area contributed by atoms with Crippen molar-refractivity contribution < 1.29 is 9.90 Å². The predicted molar refractivity (Wildman–Crippen MR) is 66.4 cm³/mol. The van der Waals surface area contributed by atoms with Crippen molar-refractivity contribution >= 4 is 28.5 Å². The molecule has 1 aromatic carbocycles. The number of nitrogens with zero attached hydrogens (tertiary/aromatic N) is 1. The van der Waals surface area contributed by atoms with Gasteiger partial charge in [0.05, 0.1) is 5.92 Å². The van der Waals surface area contributed by atoms with Crippen LogP contribution in [0.25, 0.3) is 10.9 Å². The zero-order valence-electron chi connectivity index (χ0n) is 9.19. The number of aliphatic carboxylic acids is 1. The van der Waals surface area contributed by atoms with Gasteiger partial charge in [0.1, 0.15) is 0 Å². The van der Waals surface area contributed by atoms with Gasteiger partial charge in [-0.25, -0.2) is 0 Å². The first-order valence-electron chi connectivity index (χ1n) is 5.66. The van der Waals surface area contributed by atoms with Crippen LogP contribution in [0.5, 0.6) is 0 Å². The lowest BCUT2D eigenvalue weighted by atomic mass is 9.98. The average Bonchev–Trinajstić information content (AvgIpc) is 2.68. The molecule has 0 fully saturated rings. The number of carboxylic acids is 1. The largest absolute Gasteiger partial charge is 0.481 e. The molecule has 2 heterocycles. The highest BCUT2D eigenvalue weighted by molar-refractivity contribution is 6.35. The van der Waals surface area contributed by atoms with E-state index in [2.05, 4.69) is 10.6 Å². The van der Waals surface area contributed by atoms with Gasteiger partial charge in [0.25, 0.3) is 0 Å². The van der Waals surface area contributed by atoms with Crippen molar-refractivity contribution in [1.29, 1.82) is 0 Å². The third kappa shape index (κ3) is 1.62. The number of carboxylic acid groups (broad SMARTS) is 1. The van der Waals surface area contributed by atoms with E-state index in [1.807, 2.05) is 18.2 Å². The summed E-state index contributed by atoms with van der Waals surface area (Å²) >= 11 is 6.15. The fourth-order valence-corrected chi connectivity index (χ4v) is 2.79. The summed E-state index contributed by atoms with van der Waals surface area (Å²) in [6.07, 6.45) is 1.52. The van der Waals surface area contributed by atoms with Gasteiger partial charge < -0.3 is 9.67 Å². The van der Waals surface area contributed by atoms with E-state index in [0.29, 0.717) is 13.0 Å². The standard InChI is InChI=1S/C13H12ClNO2/c14-11-2-1-3-12-10(11)6-9-5-4-8(13(16)17)7-15(9)12/h1-3,6,8H,4-5,7H2,(H,16,17). The molecule has 0 radical (unpaired) electrons. The summed E-state index contributed by atoms with van der Waals surface area (Å²) in [4.78, 5) is 11.0. The van der Waals surface area contributed by atoms with Crippen LogP contribution in [0, 0.1) is 5.92 Å². The van der Waals surface area contributed by atoms with Crippen LogP contribution in [0.4, 0.5) is 0 Å². The second-order valence-corrected chi connectivity index (χ2v) is 4.90. The van der Waals surface area contributed by atoms with Gasteiger partial charge in [-0.15, -0.1) is 0 Å². The van der Waals surface area contributed by atoms with Gasteiger partial charge in [-0.2, -0.15) is 0 Å². The Balaban J connectivity index is 2.15. The summed E-state index contributed by atoms with van der Waals surface area (Å²) in [6.45, 7) is 0.550. The van der Waals surface area contributed by atoms with Crippen LogP contribution >= 0.6 is 11.6 Å². The number of hydrogen-bond donors (Lipinski definition) is 1. The molecule has 17 heavy (non-hydrogen) atoms. The Morgan fingerprint density at radius 2 is 2.29 bits per heavy atom. The molecule has 1 atom stereocenters. The SMILES string of the molecule is O=C(O)C1CCc2cc3c(Cl)cccc3n2C1. The van der Waals surface area contributed by atoms with Crippen molar-refractivity contribution in [3.63, 3.8) is 0 Å². The molecule has 1 aromatic heterocycles. The number of aryl methyl sites for hydroxylation is 1. The summed E-state index contributed by atoms with van der Waals surface area (Å²) < 4.78 is 2.09. The minimum Gasteiger partial charge on any atom is -0.481 e. The number of rotatable bonds is 1. The van der Waals surface area contributed by atoms with E-state index < -0.39 is 5.97 Å². The Kier molecular flexibility index (Phi) is 2.37. The van der Waals surface area contributed by atoms with Gasteiger partial charge in [-0.3, -0.25) is 4.79 Å². The van der Waals surface area contributed by atoms with Gasteiger partial charge in [0.15, 0.2) is 0 Å². The number of benzene rings is 1. The van der Waals surface area contributed by atoms with Crippen LogP contribution in [-0.2, 0) is 17.8 Å². The number of carbonyl (C=O) groups is 1. The van der Waals surface area contributed by atoms with E-state index in [1.165, 1.54) is 5.69 Å². The highest BCUT2D eigenvalue weighted by Gasteiger charge is 2.25. The van der Waals surface area contributed by atoms with Crippen LogP contribution in [0.1, 0.15) is 12.1 Å². The molecule has 1 aliphatic heterocycles. The van der Waals surface area contributed by atoms with Gasteiger partial charge in [0, 0.05) is 28.2 Å². The maximum atomic E-state index is 11.0. The lowest BCUT2D eigenvalue weighted by Gasteiger charge is -2.22. The number of halogens is 1. The number of fused-ring (bicyclic) bond motifs is 3. The first-order valence-corrected chi connectivity index (χ1v) is 6.04. The van der Waals surface area contributed by atoms with Crippen LogP contribution in [0.15, 0.2) is 24.3 Å². The van der Waals surface area contributed by atoms with Crippen molar-refractivity contribution in [2.24, 2.45) is 5.92 Å². The van der Waals surface area contributed by atoms with Crippen molar-refractivity contribution in [2.75, 3.05) is 0 Å². The Morgan fingerprint density at radius 3 is 3.06 bits per heavy atom. The summed E-state index contributed by atoms with van der Waals surface area (Å²) in [7, 11) is 0. The highest BCUT2D eigenvalue weighted by Crippen LogP contribution is 2.31. The molecule has 88 valence electrons. The molecule has 1 unspecified atom stereocenters. The third-order valence-electron chi connectivity index (χ3n) is 3.48. The summed E-state index contributed by atoms with van der Waals surface area (Å²) in [6, 6.07) is 7.84. The average molecular weight is 250 g/mol. The second kappa shape index (κ2) is 3.77. The fraction of sp³-hybridized carbons (Fsp3) is 0.308. The smallest absolute Gasteiger partial charge is 0.308 e. The Labute approximate surface area is 104 Å². The molecule has 0 saturated heterocycles. The van der Waals surface area contributed by atoms with Gasteiger partial charge in [-0.05, 0) is 31.0 Å². The highest BCUT2D eigenvalue weighted by atomic mass is 35.5. The van der Waals surface area contributed by atoms with Crippen molar-refractivity contribution in [3.8, 4) is 0 Å². The summed E-state index contributed by atoms with van der Waals surface area (Å²) in [5.41, 5.74) is 2.23. The molecule has 0 bridgehead atoms. The molecule has 2 aromatic rings. The van der Waals surface area contributed by atoms with Gasteiger partial charge in [-0.1, -0.05) is 17.7 Å². The molecule has 3 nitrogen and oxygen atoms in total. The summed E-state index contributed by atoms with van der Waals surface area (Å²) in [5.74, 6) is -0.989. The van der Waals surface area contributed by atoms with Crippen molar-refractivity contribution in [1.82, 2.24) is 4.57 Å². The van der Waals surface area contributed by atoms with Gasteiger partial charge >= 0.3 is 5.97 Å². The topological polar surface area (TPSA) is 42.2 Å². The Hall–Kier alpha value is -1.48. The zero-order chi connectivity index (χ0) is 12.0. The molecular weight excluding hydrogens is 238 g/mol. The van der Waals surface area contributed by atoms with Gasteiger partial charge in [0.2, 0.25) is 0 Å². The molecule has 0 spiro atoms. The molecule has 0 aliphatic carbocycles. The lowest BCUT2D eigenvalue weighted by molar-refractivity contribution is -0.142. The Bertz CT molecular complexity index is 603. The monoisotopic (exact) mass is 249 g/mol. The van der Waals surface area contributed by atoms with Crippen molar-refractivity contribution in [2.45, 2.75) is 19.4 Å². The number of hydrogen-bond acceptors (Lipinski definition) is 1. The molecular formula is C13H12ClNO2. The molecule has 1 N–H and O–H groups in total. The maximum Gasteiger partial charge on any atom is 0.308 e. The molecule has 3 rings (SSSR count). The van der Waals surface area contributed by atoms with Crippen molar-refractivity contribution in [3.05, 3.63) is 35.0 Å². The first kappa shape index (κ1) is 10.7. The second-order valence-electron chi connectivity index (χ2n) is 4.49. The zero-order valence-corrected chi connectivity index (χ0v) is 9.94. The predicted octanol–water partition coefficient (Wildman–Crippen LogP) is 2.94. The minimum absolute atomic E-state index is 0.280. The summed E-state index contributed by atoms with van der Waals surface area (Å²) in [5, 5.41) is 10.8. The molecule has 0 amide bonds.